The SMILES string of the molecule is CC(C)Cn1ccnc1CNc1c(Cl)cc([N+](=O)[O-])cc1Cl. The van der Waals surface area contributed by atoms with Gasteiger partial charge >= 0.3 is 0 Å². The number of imidazole rings is 1. The van der Waals surface area contributed by atoms with E-state index in [9.17, 15) is 10.1 Å². The van der Waals surface area contributed by atoms with Crippen LogP contribution in [0.5, 0.6) is 0 Å². The number of aromatic nitrogens is 2. The third-order valence-electron chi connectivity index (χ3n) is 3.02. The molecule has 0 unspecified atom stereocenters. The Bertz CT molecular complexity index is 662. The number of nitro groups is 1. The fraction of sp³-hybridized carbons (Fsp3) is 0.357. The van der Waals surface area contributed by atoms with Crippen molar-refractivity contribution in [3.05, 3.63) is 50.5 Å². The smallest absolute Gasteiger partial charge is 0.272 e. The molecular weight excluding hydrogens is 327 g/mol. The number of anilines is 1. The van der Waals surface area contributed by atoms with Crippen molar-refractivity contribution in [2.75, 3.05) is 5.32 Å². The van der Waals surface area contributed by atoms with Crippen LogP contribution in [-0.4, -0.2) is 14.5 Å². The lowest BCUT2D eigenvalue weighted by Gasteiger charge is -2.13. The number of nitro benzene ring substituents is 1. The molecule has 1 heterocycles. The molecule has 2 aromatic rings. The fourth-order valence-electron chi connectivity index (χ4n) is 2.07. The van der Waals surface area contributed by atoms with Crippen molar-refractivity contribution in [2.24, 2.45) is 5.92 Å². The van der Waals surface area contributed by atoms with E-state index in [4.69, 9.17) is 23.2 Å². The molecule has 0 spiro atoms. The van der Waals surface area contributed by atoms with Gasteiger partial charge in [0, 0.05) is 31.1 Å². The van der Waals surface area contributed by atoms with Gasteiger partial charge in [-0.3, -0.25) is 10.1 Å². The zero-order valence-electron chi connectivity index (χ0n) is 12.2. The minimum Gasteiger partial charge on any atom is -0.375 e. The predicted molar refractivity (Wildman–Crippen MR) is 87.5 cm³/mol. The number of hydrogen-bond donors (Lipinski definition) is 1. The van der Waals surface area contributed by atoms with E-state index in [1.807, 2.05) is 10.8 Å². The molecule has 2 rings (SSSR count). The van der Waals surface area contributed by atoms with Crippen molar-refractivity contribution in [1.82, 2.24) is 9.55 Å². The molecule has 0 fully saturated rings. The molecule has 22 heavy (non-hydrogen) atoms. The largest absolute Gasteiger partial charge is 0.375 e. The Morgan fingerprint density at radius 3 is 2.55 bits per heavy atom. The first-order valence-electron chi connectivity index (χ1n) is 6.75. The minimum absolute atomic E-state index is 0.137. The number of halogens is 2. The zero-order valence-corrected chi connectivity index (χ0v) is 13.7. The highest BCUT2D eigenvalue weighted by molar-refractivity contribution is 6.39. The van der Waals surface area contributed by atoms with Gasteiger partial charge in [-0.25, -0.2) is 4.98 Å². The van der Waals surface area contributed by atoms with Crippen LogP contribution in [0.15, 0.2) is 24.5 Å². The molecule has 1 N–H and O–H groups in total. The van der Waals surface area contributed by atoms with Gasteiger partial charge < -0.3 is 9.88 Å². The number of rotatable bonds is 6. The lowest BCUT2D eigenvalue weighted by molar-refractivity contribution is -0.384. The van der Waals surface area contributed by atoms with Gasteiger partial charge in [0.1, 0.15) is 5.82 Å². The molecule has 118 valence electrons. The Balaban J connectivity index is 2.15. The van der Waals surface area contributed by atoms with E-state index in [0.29, 0.717) is 18.2 Å². The summed E-state index contributed by atoms with van der Waals surface area (Å²) >= 11 is 12.1. The van der Waals surface area contributed by atoms with Crippen LogP contribution in [0.1, 0.15) is 19.7 Å². The highest BCUT2D eigenvalue weighted by Gasteiger charge is 2.15. The van der Waals surface area contributed by atoms with Crippen molar-refractivity contribution < 1.29 is 4.92 Å². The standard InChI is InChI=1S/C14H16Cl2N4O2/c1-9(2)8-19-4-3-17-13(19)7-18-14-11(15)5-10(20(21)22)6-12(14)16/h3-6,9,18H,7-8H2,1-2H3. The number of nitrogens with zero attached hydrogens (tertiary/aromatic N) is 3. The molecule has 0 amide bonds. The van der Waals surface area contributed by atoms with Crippen LogP contribution in [0.2, 0.25) is 10.0 Å². The predicted octanol–water partition coefficient (Wildman–Crippen LogP) is 4.37. The first-order valence-corrected chi connectivity index (χ1v) is 7.51. The molecule has 0 aliphatic rings. The second kappa shape index (κ2) is 6.98. The van der Waals surface area contributed by atoms with Crippen LogP contribution in [0.4, 0.5) is 11.4 Å². The van der Waals surface area contributed by atoms with E-state index >= 15 is 0 Å². The summed E-state index contributed by atoms with van der Waals surface area (Å²) in [5, 5.41) is 14.3. The Morgan fingerprint density at radius 2 is 2.00 bits per heavy atom. The number of hydrogen-bond acceptors (Lipinski definition) is 4. The number of nitrogens with one attached hydrogen (secondary N) is 1. The Labute approximate surface area is 138 Å². The summed E-state index contributed by atoms with van der Waals surface area (Å²) in [4.78, 5) is 14.5. The van der Waals surface area contributed by atoms with E-state index in [1.54, 1.807) is 6.20 Å². The third-order valence-corrected chi connectivity index (χ3v) is 3.62. The van der Waals surface area contributed by atoms with Gasteiger partial charge in [0.25, 0.3) is 5.69 Å². The first-order chi connectivity index (χ1) is 10.4. The van der Waals surface area contributed by atoms with Gasteiger partial charge in [0.05, 0.1) is 27.2 Å². The summed E-state index contributed by atoms with van der Waals surface area (Å²) in [5.74, 6) is 1.35. The maximum Gasteiger partial charge on any atom is 0.272 e. The molecule has 1 aromatic carbocycles. The van der Waals surface area contributed by atoms with Crippen LogP contribution in [0.3, 0.4) is 0 Å². The lowest BCUT2D eigenvalue weighted by atomic mass is 10.2. The van der Waals surface area contributed by atoms with Gasteiger partial charge in [-0.05, 0) is 5.92 Å². The summed E-state index contributed by atoms with van der Waals surface area (Å²) in [7, 11) is 0. The minimum atomic E-state index is -0.531. The van der Waals surface area contributed by atoms with Gasteiger partial charge in [0.2, 0.25) is 0 Å². The molecular formula is C14H16Cl2N4O2. The highest BCUT2D eigenvalue weighted by Crippen LogP contribution is 2.34. The summed E-state index contributed by atoms with van der Waals surface area (Å²) in [6, 6.07) is 2.55. The molecule has 8 heteroatoms. The van der Waals surface area contributed by atoms with Gasteiger partial charge in [-0.1, -0.05) is 37.0 Å². The van der Waals surface area contributed by atoms with Gasteiger partial charge in [0.15, 0.2) is 0 Å². The second-order valence-electron chi connectivity index (χ2n) is 5.28. The van der Waals surface area contributed by atoms with Crippen molar-refractivity contribution in [2.45, 2.75) is 26.9 Å². The number of benzene rings is 1. The molecule has 6 nitrogen and oxygen atoms in total. The van der Waals surface area contributed by atoms with Crippen LogP contribution >= 0.6 is 23.2 Å². The fourth-order valence-corrected chi connectivity index (χ4v) is 2.68. The van der Waals surface area contributed by atoms with E-state index in [1.165, 1.54) is 12.1 Å². The summed E-state index contributed by atoms with van der Waals surface area (Å²) in [6.45, 7) is 5.54. The molecule has 0 saturated heterocycles. The van der Waals surface area contributed by atoms with Crippen LogP contribution in [0.25, 0.3) is 0 Å². The Hall–Kier alpha value is -1.79. The van der Waals surface area contributed by atoms with Crippen LogP contribution < -0.4 is 5.32 Å². The quantitative estimate of drug-likeness (QED) is 0.624. The molecule has 0 radical (unpaired) electrons. The lowest BCUT2D eigenvalue weighted by Crippen LogP contribution is -2.11. The molecule has 1 aromatic heterocycles. The second-order valence-corrected chi connectivity index (χ2v) is 6.10. The number of non-ortho nitro benzene ring substituents is 1. The van der Waals surface area contributed by atoms with Crippen molar-refractivity contribution in [1.29, 1.82) is 0 Å². The average molecular weight is 343 g/mol. The monoisotopic (exact) mass is 342 g/mol. The normalized spacial score (nSPS) is 11.0. The van der Waals surface area contributed by atoms with Crippen molar-refractivity contribution in [3.63, 3.8) is 0 Å². The van der Waals surface area contributed by atoms with E-state index in [0.717, 1.165) is 12.4 Å². The van der Waals surface area contributed by atoms with Crippen LogP contribution in [-0.2, 0) is 13.1 Å². The van der Waals surface area contributed by atoms with Gasteiger partial charge in [-0.15, -0.1) is 0 Å². The van der Waals surface area contributed by atoms with Gasteiger partial charge in [-0.2, -0.15) is 0 Å². The maximum atomic E-state index is 10.8. The Kier molecular flexibility index (Phi) is 5.26. The highest BCUT2D eigenvalue weighted by atomic mass is 35.5. The molecule has 0 saturated carbocycles. The van der Waals surface area contributed by atoms with Crippen molar-refractivity contribution >= 4 is 34.6 Å². The molecule has 0 bridgehead atoms. The van der Waals surface area contributed by atoms with Crippen molar-refractivity contribution in [3.8, 4) is 0 Å². The molecule has 0 atom stereocenters. The Morgan fingerprint density at radius 1 is 1.36 bits per heavy atom. The maximum absolute atomic E-state index is 10.8. The van der Waals surface area contributed by atoms with Crippen LogP contribution in [0, 0.1) is 16.0 Å². The van der Waals surface area contributed by atoms with E-state index in [2.05, 4.69) is 24.1 Å². The topological polar surface area (TPSA) is 73.0 Å². The summed E-state index contributed by atoms with van der Waals surface area (Å²) in [6.07, 6.45) is 3.65. The molecule has 0 aliphatic heterocycles. The first kappa shape index (κ1) is 16.6. The molecule has 0 aliphatic carbocycles. The van der Waals surface area contributed by atoms with E-state index < -0.39 is 4.92 Å². The zero-order chi connectivity index (χ0) is 16.3. The summed E-state index contributed by atoms with van der Waals surface area (Å²) < 4.78 is 2.05. The van der Waals surface area contributed by atoms with E-state index in [-0.39, 0.29) is 15.7 Å². The average Bonchev–Trinajstić information content (AvgIpc) is 2.84. The third kappa shape index (κ3) is 3.90. The summed E-state index contributed by atoms with van der Waals surface area (Å²) in [5.41, 5.74) is 0.329.